The van der Waals surface area contributed by atoms with Crippen molar-refractivity contribution in [3.8, 4) is 11.4 Å². The van der Waals surface area contributed by atoms with Crippen LogP contribution in [0, 0.1) is 20.8 Å². The second-order valence-corrected chi connectivity index (χ2v) is 7.84. The molecule has 2 aromatic heterocycles. The minimum absolute atomic E-state index is 0.113. The van der Waals surface area contributed by atoms with Crippen molar-refractivity contribution in [1.82, 2.24) is 24.5 Å². The number of rotatable bonds is 6. The van der Waals surface area contributed by atoms with E-state index in [0.717, 1.165) is 34.0 Å². The monoisotopic (exact) mass is 418 g/mol. The molecular formula is C22H22N6OS. The molecule has 30 heavy (non-hydrogen) atoms. The Labute approximate surface area is 179 Å². The van der Waals surface area contributed by atoms with Crippen LogP contribution < -0.4 is 5.32 Å². The van der Waals surface area contributed by atoms with Gasteiger partial charge in [-0.25, -0.2) is 4.68 Å². The van der Waals surface area contributed by atoms with Gasteiger partial charge in [0, 0.05) is 0 Å². The molecule has 8 heteroatoms. The van der Waals surface area contributed by atoms with Crippen molar-refractivity contribution in [3.63, 3.8) is 0 Å². The van der Waals surface area contributed by atoms with E-state index in [1.807, 2.05) is 84.6 Å². The van der Waals surface area contributed by atoms with Gasteiger partial charge in [0.1, 0.15) is 6.33 Å². The quantitative estimate of drug-likeness (QED) is 0.477. The molecule has 4 aromatic rings. The summed E-state index contributed by atoms with van der Waals surface area (Å²) in [5.74, 6) is 0.109. The molecule has 0 saturated carbocycles. The lowest BCUT2D eigenvalue weighted by molar-refractivity contribution is -0.113. The Morgan fingerprint density at radius 3 is 2.53 bits per heavy atom. The fourth-order valence-electron chi connectivity index (χ4n) is 3.27. The highest BCUT2D eigenvalue weighted by atomic mass is 32.2. The summed E-state index contributed by atoms with van der Waals surface area (Å²) in [6.45, 7) is 5.88. The van der Waals surface area contributed by atoms with E-state index in [9.17, 15) is 4.79 Å². The van der Waals surface area contributed by atoms with E-state index in [0.29, 0.717) is 5.16 Å². The van der Waals surface area contributed by atoms with Crippen molar-refractivity contribution in [2.24, 2.45) is 0 Å². The predicted octanol–water partition coefficient (Wildman–Crippen LogP) is 4.11. The minimum atomic E-state index is -0.113. The summed E-state index contributed by atoms with van der Waals surface area (Å²) in [6, 6.07) is 17.9. The van der Waals surface area contributed by atoms with Crippen LogP contribution >= 0.6 is 11.8 Å². The lowest BCUT2D eigenvalue weighted by Gasteiger charge is -2.09. The van der Waals surface area contributed by atoms with Gasteiger partial charge >= 0.3 is 0 Å². The maximum atomic E-state index is 12.6. The Balaban J connectivity index is 1.47. The van der Waals surface area contributed by atoms with E-state index in [-0.39, 0.29) is 11.7 Å². The van der Waals surface area contributed by atoms with Crippen LogP contribution in [0.2, 0.25) is 0 Å². The summed E-state index contributed by atoms with van der Waals surface area (Å²) in [5.41, 5.74) is 5.48. The first-order chi connectivity index (χ1) is 14.5. The molecule has 1 amide bonds. The first-order valence-corrected chi connectivity index (χ1v) is 10.5. The van der Waals surface area contributed by atoms with Gasteiger partial charge < -0.3 is 5.32 Å². The second-order valence-electron chi connectivity index (χ2n) is 6.90. The number of hydrogen-bond donors (Lipinski definition) is 1. The van der Waals surface area contributed by atoms with Gasteiger partial charge in [-0.3, -0.25) is 9.36 Å². The molecule has 1 N–H and O–H groups in total. The lowest BCUT2D eigenvalue weighted by atomic mass is 10.2. The largest absolute Gasteiger partial charge is 0.322 e. The first-order valence-electron chi connectivity index (χ1n) is 9.55. The molecule has 0 fully saturated rings. The fraction of sp³-hybridized carbons (Fsp3) is 0.182. The number of anilines is 1. The molecule has 2 heterocycles. The summed E-state index contributed by atoms with van der Waals surface area (Å²) in [4.78, 5) is 12.6. The molecule has 152 valence electrons. The number of aromatic nitrogens is 5. The minimum Gasteiger partial charge on any atom is -0.322 e. The Kier molecular flexibility index (Phi) is 5.67. The molecule has 0 spiro atoms. The summed E-state index contributed by atoms with van der Waals surface area (Å²) < 4.78 is 3.74. The van der Waals surface area contributed by atoms with Crippen molar-refractivity contribution in [2.75, 3.05) is 11.1 Å². The van der Waals surface area contributed by atoms with Gasteiger partial charge in [0.25, 0.3) is 0 Å². The summed E-state index contributed by atoms with van der Waals surface area (Å²) in [7, 11) is 0. The van der Waals surface area contributed by atoms with Crippen LogP contribution in [0.1, 0.15) is 17.0 Å². The lowest BCUT2D eigenvalue weighted by Crippen LogP contribution is -2.15. The van der Waals surface area contributed by atoms with Crippen LogP contribution in [0.25, 0.3) is 11.4 Å². The van der Waals surface area contributed by atoms with Crippen LogP contribution in [-0.2, 0) is 4.79 Å². The molecule has 0 radical (unpaired) electrons. The Morgan fingerprint density at radius 1 is 1.03 bits per heavy atom. The van der Waals surface area contributed by atoms with Gasteiger partial charge in [-0.2, -0.15) is 5.10 Å². The molecule has 0 bridgehead atoms. The third-order valence-corrected chi connectivity index (χ3v) is 5.72. The van der Waals surface area contributed by atoms with Crippen molar-refractivity contribution in [2.45, 2.75) is 25.9 Å². The predicted molar refractivity (Wildman–Crippen MR) is 118 cm³/mol. The zero-order valence-electron chi connectivity index (χ0n) is 17.0. The van der Waals surface area contributed by atoms with Crippen molar-refractivity contribution < 1.29 is 4.79 Å². The number of thioether (sulfide) groups is 1. The topological polar surface area (TPSA) is 77.6 Å². The number of aryl methyl sites for hydroxylation is 2. The van der Waals surface area contributed by atoms with Gasteiger partial charge in [-0.1, -0.05) is 48.2 Å². The molecule has 0 aliphatic rings. The van der Waals surface area contributed by atoms with Crippen molar-refractivity contribution >= 4 is 23.4 Å². The van der Waals surface area contributed by atoms with Gasteiger partial charge in [0.2, 0.25) is 5.91 Å². The average Bonchev–Trinajstić information content (AvgIpc) is 3.33. The first kappa shape index (κ1) is 19.9. The molecule has 0 aliphatic carbocycles. The van der Waals surface area contributed by atoms with Gasteiger partial charge in [-0.15, -0.1) is 10.2 Å². The number of carbonyl (C=O) groups is 1. The number of hydrogen-bond acceptors (Lipinski definition) is 5. The SMILES string of the molecule is Cc1ccccc1-n1cnnc1SCC(=O)Nc1c(C)nn(-c2ccccc2)c1C. The molecule has 0 saturated heterocycles. The van der Waals surface area contributed by atoms with E-state index in [2.05, 4.69) is 20.6 Å². The molecule has 4 rings (SSSR count). The van der Waals surface area contributed by atoms with Crippen molar-refractivity contribution in [3.05, 3.63) is 77.9 Å². The fourth-order valence-corrected chi connectivity index (χ4v) is 3.99. The van der Waals surface area contributed by atoms with Crippen LogP contribution in [0.3, 0.4) is 0 Å². The molecular weight excluding hydrogens is 396 g/mol. The maximum absolute atomic E-state index is 12.6. The van der Waals surface area contributed by atoms with Crippen LogP contribution in [0.15, 0.2) is 66.1 Å². The number of carbonyl (C=O) groups excluding carboxylic acids is 1. The summed E-state index contributed by atoms with van der Waals surface area (Å²) >= 11 is 1.35. The van der Waals surface area contributed by atoms with Crippen LogP contribution in [0.4, 0.5) is 5.69 Å². The zero-order chi connectivity index (χ0) is 21.1. The second kappa shape index (κ2) is 8.54. The number of amides is 1. The van der Waals surface area contributed by atoms with E-state index in [4.69, 9.17) is 0 Å². The van der Waals surface area contributed by atoms with Gasteiger partial charge in [0.05, 0.1) is 34.2 Å². The normalized spacial score (nSPS) is 10.9. The standard InChI is InChI=1S/C22H22N6OS/c1-15-9-7-8-12-19(15)27-14-23-25-22(27)30-13-20(29)24-21-16(2)26-28(17(21)3)18-10-5-4-6-11-18/h4-12,14H,13H2,1-3H3,(H,24,29). The number of nitrogens with zero attached hydrogens (tertiary/aromatic N) is 5. The molecule has 7 nitrogen and oxygen atoms in total. The van der Waals surface area contributed by atoms with Crippen molar-refractivity contribution in [1.29, 1.82) is 0 Å². The smallest absolute Gasteiger partial charge is 0.234 e. The highest BCUT2D eigenvalue weighted by Crippen LogP contribution is 2.25. The number of nitrogens with one attached hydrogen (secondary N) is 1. The zero-order valence-corrected chi connectivity index (χ0v) is 17.8. The van der Waals surface area contributed by atoms with Gasteiger partial charge in [-0.05, 0) is 44.5 Å². The summed E-state index contributed by atoms with van der Waals surface area (Å²) in [5, 5.41) is 16.4. The highest BCUT2D eigenvalue weighted by molar-refractivity contribution is 7.99. The average molecular weight is 419 g/mol. The Morgan fingerprint density at radius 2 is 1.77 bits per heavy atom. The molecule has 2 aromatic carbocycles. The third kappa shape index (κ3) is 3.99. The van der Waals surface area contributed by atoms with E-state index in [1.54, 1.807) is 6.33 Å². The van der Waals surface area contributed by atoms with E-state index in [1.165, 1.54) is 11.8 Å². The molecule has 0 aliphatic heterocycles. The molecule has 0 atom stereocenters. The van der Waals surface area contributed by atoms with Gasteiger partial charge in [0.15, 0.2) is 5.16 Å². The highest BCUT2D eigenvalue weighted by Gasteiger charge is 2.17. The maximum Gasteiger partial charge on any atom is 0.234 e. The number of benzene rings is 2. The van der Waals surface area contributed by atoms with E-state index < -0.39 is 0 Å². The number of para-hydroxylation sites is 2. The van der Waals surface area contributed by atoms with E-state index >= 15 is 0 Å². The van der Waals surface area contributed by atoms with Crippen LogP contribution in [-0.4, -0.2) is 36.2 Å². The summed E-state index contributed by atoms with van der Waals surface area (Å²) in [6.07, 6.45) is 1.67. The Bertz CT molecular complexity index is 1180. The molecule has 0 unspecified atom stereocenters. The Hall–Kier alpha value is -3.39. The third-order valence-electron chi connectivity index (χ3n) is 4.78. The van der Waals surface area contributed by atoms with Crippen LogP contribution in [0.5, 0.6) is 0 Å².